The second-order valence-corrected chi connectivity index (χ2v) is 3.85. The molecule has 0 aliphatic carbocycles. The zero-order valence-corrected chi connectivity index (χ0v) is 9.12. The predicted molar refractivity (Wildman–Crippen MR) is 57.3 cm³/mol. The van der Waals surface area contributed by atoms with Crippen molar-refractivity contribution < 1.29 is 4.74 Å². The molecule has 1 aromatic heterocycles. The van der Waals surface area contributed by atoms with E-state index >= 15 is 0 Å². The summed E-state index contributed by atoms with van der Waals surface area (Å²) in [7, 11) is 1.74. The van der Waals surface area contributed by atoms with Crippen molar-refractivity contribution in [1.29, 1.82) is 0 Å². The van der Waals surface area contributed by atoms with Crippen LogP contribution in [0.2, 0.25) is 0 Å². The van der Waals surface area contributed by atoms with Crippen molar-refractivity contribution in [3.05, 3.63) is 21.9 Å². The van der Waals surface area contributed by atoms with Crippen LogP contribution in [-0.4, -0.2) is 20.3 Å². The molecule has 0 radical (unpaired) electrons. The molecule has 0 spiro atoms. The maximum Gasteiger partial charge on any atom is 0.0474 e. The highest BCUT2D eigenvalue weighted by molar-refractivity contribution is 7.08. The first-order valence-electron chi connectivity index (χ1n) is 4.56. The zero-order valence-electron chi connectivity index (χ0n) is 8.30. The predicted octanol–water partition coefficient (Wildman–Crippen LogP) is 2.18. The Morgan fingerprint density at radius 1 is 1.46 bits per heavy atom. The molecular formula is C10H17NOS. The second kappa shape index (κ2) is 6.13. The van der Waals surface area contributed by atoms with Crippen LogP contribution < -0.4 is 5.32 Å². The lowest BCUT2D eigenvalue weighted by molar-refractivity contribution is 0.194. The molecule has 0 atom stereocenters. The standard InChI is InChI=1S/C10H17NOS/c1-9-7-13-8-10(9)6-11-4-3-5-12-2/h7-8,11H,3-6H2,1-2H3. The molecule has 1 N–H and O–H groups in total. The number of aryl methyl sites for hydroxylation is 1. The minimum atomic E-state index is 0.843. The molecule has 0 bridgehead atoms. The van der Waals surface area contributed by atoms with E-state index in [1.807, 2.05) is 0 Å². The lowest BCUT2D eigenvalue weighted by atomic mass is 10.2. The Bertz CT molecular complexity index is 235. The topological polar surface area (TPSA) is 21.3 Å². The van der Waals surface area contributed by atoms with Crippen molar-refractivity contribution in [2.45, 2.75) is 19.9 Å². The largest absolute Gasteiger partial charge is 0.385 e. The Morgan fingerprint density at radius 2 is 2.31 bits per heavy atom. The molecule has 0 saturated carbocycles. The first-order valence-corrected chi connectivity index (χ1v) is 5.50. The highest BCUT2D eigenvalue weighted by Gasteiger charge is 1.97. The minimum absolute atomic E-state index is 0.843. The third kappa shape index (κ3) is 3.89. The molecule has 0 amide bonds. The summed E-state index contributed by atoms with van der Waals surface area (Å²) in [5.41, 5.74) is 2.81. The summed E-state index contributed by atoms with van der Waals surface area (Å²) in [5.74, 6) is 0. The van der Waals surface area contributed by atoms with Gasteiger partial charge in [-0.2, -0.15) is 11.3 Å². The van der Waals surface area contributed by atoms with Gasteiger partial charge in [0.25, 0.3) is 0 Å². The average Bonchev–Trinajstić information content (AvgIpc) is 2.52. The van der Waals surface area contributed by atoms with Crippen molar-refractivity contribution in [3.63, 3.8) is 0 Å². The van der Waals surface area contributed by atoms with Crippen molar-refractivity contribution in [1.82, 2.24) is 5.32 Å². The van der Waals surface area contributed by atoms with E-state index < -0.39 is 0 Å². The number of ether oxygens (including phenoxy) is 1. The van der Waals surface area contributed by atoms with Crippen LogP contribution in [0.25, 0.3) is 0 Å². The van der Waals surface area contributed by atoms with E-state index in [0.717, 1.165) is 26.1 Å². The molecule has 74 valence electrons. The molecule has 0 aromatic carbocycles. The Hall–Kier alpha value is -0.380. The summed E-state index contributed by atoms with van der Waals surface area (Å²) in [6.45, 7) is 5.01. The molecule has 0 aliphatic heterocycles. The number of thiophene rings is 1. The second-order valence-electron chi connectivity index (χ2n) is 3.10. The van der Waals surface area contributed by atoms with Crippen LogP contribution in [0.4, 0.5) is 0 Å². The summed E-state index contributed by atoms with van der Waals surface area (Å²) in [5, 5.41) is 7.78. The van der Waals surface area contributed by atoms with Gasteiger partial charge in [-0.05, 0) is 41.8 Å². The molecule has 1 aromatic rings. The molecule has 0 saturated heterocycles. The molecule has 3 heteroatoms. The van der Waals surface area contributed by atoms with Crippen LogP contribution in [0.1, 0.15) is 17.5 Å². The summed E-state index contributed by atoms with van der Waals surface area (Å²) in [6.07, 6.45) is 1.08. The maximum absolute atomic E-state index is 4.96. The number of nitrogens with one attached hydrogen (secondary N) is 1. The van der Waals surface area contributed by atoms with E-state index in [2.05, 4.69) is 23.0 Å². The molecular weight excluding hydrogens is 182 g/mol. The van der Waals surface area contributed by atoms with Gasteiger partial charge in [-0.15, -0.1) is 0 Å². The van der Waals surface area contributed by atoms with Gasteiger partial charge < -0.3 is 10.1 Å². The van der Waals surface area contributed by atoms with Gasteiger partial charge in [-0.1, -0.05) is 0 Å². The quantitative estimate of drug-likeness (QED) is 0.709. The van der Waals surface area contributed by atoms with Gasteiger partial charge in [0.15, 0.2) is 0 Å². The van der Waals surface area contributed by atoms with Gasteiger partial charge in [-0.25, -0.2) is 0 Å². The Balaban J connectivity index is 2.10. The van der Waals surface area contributed by atoms with Crippen LogP contribution in [0, 0.1) is 6.92 Å². The van der Waals surface area contributed by atoms with E-state index in [9.17, 15) is 0 Å². The zero-order chi connectivity index (χ0) is 9.52. The van der Waals surface area contributed by atoms with E-state index in [1.165, 1.54) is 11.1 Å². The highest BCUT2D eigenvalue weighted by Crippen LogP contribution is 2.12. The molecule has 1 rings (SSSR count). The number of hydrogen-bond acceptors (Lipinski definition) is 3. The Labute approximate surface area is 83.9 Å². The average molecular weight is 199 g/mol. The van der Waals surface area contributed by atoms with E-state index in [-0.39, 0.29) is 0 Å². The number of methoxy groups -OCH3 is 1. The van der Waals surface area contributed by atoms with Gasteiger partial charge in [0.1, 0.15) is 0 Å². The molecule has 0 fully saturated rings. The third-order valence-electron chi connectivity index (χ3n) is 1.98. The van der Waals surface area contributed by atoms with Gasteiger partial charge >= 0.3 is 0 Å². The molecule has 13 heavy (non-hydrogen) atoms. The Kier molecular flexibility index (Phi) is 5.05. The number of rotatable bonds is 6. The highest BCUT2D eigenvalue weighted by atomic mass is 32.1. The van der Waals surface area contributed by atoms with E-state index in [0.29, 0.717) is 0 Å². The minimum Gasteiger partial charge on any atom is -0.385 e. The fraction of sp³-hybridized carbons (Fsp3) is 0.600. The summed E-state index contributed by atoms with van der Waals surface area (Å²) < 4.78 is 4.96. The number of hydrogen-bond donors (Lipinski definition) is 1. The first kappa shape index (κ1) is 10.7. The van der Waals surface area contributed by atoms with Gasteiger partial charge in [0, 0.05) is 20.3 Å². The molecule has 2 nitrogen and oxygen atoms in total. The van der Waals surface area contributed by atoms with Crippen LogP contribution in [0.15, 0.2) is 10.8 Å². The van der Waals surface area contributed by atoms with Crippen LogP contribution >= 0.6 is 11.3 Å². The Morgan fingerprint density at radius 3 is 2.92 bits per heavy atom. The van der Waals surface area contributed by atoms with Crippen molar-refractivity contribution in [2.75, 3.05) is 20.3 Å². The van der Waals surface area contributed by atoms with E-state index in [1.54, 1.807) is 18.4 Å². The molecule has 1 heterocycles. The van der Waals surface area contributed by atoms with Gasteiger partial charge in [-0.3, -0.25) is 0 Å². The fourth-order valence-electron chi connectivity index (χ4n) is 1.13. The fourth-order valence-corrected chi connectivity index (χ4v) is 1.99. The lowest BCUT2D eigenvalue weighted by Crippen LogP contribution is -2.16. The maximum atomic E-state index is 4.96. The van der Waals surface area contributed by atoms with Crippen molar-refractivity contribution in [2.24, 2.45) is 0 Å². The summed E-state index contributed by atoms with van der Waals surface area (Å²) in [4.78, 5) is 0. The first-order chi connectivity index (χ1) is 6.34. The third-order valence-corrected chi connectivity index (χ3v) is 2.89. The van der Waals surface area contributed by atoms with Crippen LogP contribution in [0.3, 0.4) is 0 Å². The summed E-state index contributed by atoms with van der Waals surface area (Å²) in [6, 6.07) is 0. The monoisotopic (exact) mass is 199 g/mol. The van der Waals surface area contributed by atoms with Crippen molar-refractivity contribution in [3.8, 4) is 0 Å². The van der Waals surface area contributed by atoms with Crippen LogP contribution in [0.5, 0.6) is 0 Å². The summed E-state index contributed by atoms with van der Waals surface area (Å²) >= 11 is 1.77. The van der Waals surface area contributed by atoms with Gasteiger partial charge in [0.2, 0.25) is 0 Å². The normalized spacial score (nSPS) is 10.6. The lowest BCUT2D eigenvalue weighted by Gasteiger charge is -2.03. The SMILES string of the molecule is COCCCNCc1cscc1C. The van der Waals surface area contributed by atoms with Crippen molar-refractivity contribution >= 4 is 11.3 Å². The van der Waals surface area contributed by atoms with Crippen LogP contribution in [-0.2, 0) is 11.3 Å². The van der Waals surface area contributed by atoms with Gasteiger partial charge in [0.05, 0.1) is 0 Å². The van der Waals surface area contributed by atoms with E-state index in [4.69, 9.17) is 4.74 Å². The molecule has 0 unspecified atom stereocenters. The smallest absolute Gasteiger partial charge is 0.0474 e. The molecule has 0 aliphatic rings.